The molecule has 6 heteroatoms. The Morgan fingerprint density at radius 2 is 1.09 bits per heavy atom. The van der Waals surface area contributed by atoms with Crippen LogP contribution in [0.3, 0.4) is 0 Å². The lowest BCUT2D eigenvalue weighted by Gasteiger charge is -1.95. The molecule has 4 aromatic rings. The van der Waals surface area contributed by atoms with Crippen molar-refractivity contribution in [3.05, 3.63) is 92.4 Å². The van der Waals surface area contributed by atoms with Gasteiger partial charge in [-0.1, -0.05) is 6.07 Å². The number of rotatable bonds is 1. The molecule has 0 aromatic carbocycles. The predicted molar refractivity (Wildman–Crippen MR) is 86.0 cm³/mol. The normalized spacial score (nSPS) is 8.87. The molecular weight excluding hydrogens is 290 g/mol. The summed E-state index contributed by atoms with van der Waals surface area (Å²) in [6.45, 7) is 0. The molecular formula is C17H15N5O. The number of hydrogen-bond donors (Lipinski definition) is 0. The second kappa shape index (κ2) is 10.3. The highest BCUT2D eigenvalue weighted by Gasteiger charge is 1.97. The summed E-state index contributed by atoms with van der Waals surface area (Å²) in [5.74, 6) is 0. The SMILES string of the molecule is c1ccncc1.c1ccoc1.c1cnc(-c2cnccn2)cn1. The Hall–Kier alpha value is -3.41. The zero-order valence-electron chi connectivity index (χ0n) is 12.3. The first-order valence-corrected chi connectivity index (χ1v) is 6.81. The zero-order valence-corrected chi connectivity index (χ0v) is 12.3. The second-order valence-corrected chi connectivity index (χ2v) is 4.00. The van der Waals surface area contributed by atoms with Gasteiger partial charge in [0.25, 0.3) is 0 Å². The van der Waals surface area contributed by atoms with Crippen LogP contribution in [0.25, 0.3) is 11.4 Å². The number of furan rings is 1. The molecule has 0 atom stereocenters. The molecule has 114 valence electrons. The first kappa shape index (κ1) is 16.0. The lowest BCUT2D eigenvalue weighted by molar-refractivity contribution is 0.567. The van der Waals surface area contributed by atoms with Crippen LogP contribution >= 0.6 is 0 Å². The molecule has 0 saturated carbocycles. The van der Waals surface area contributed by atoms with E-state index >= 15 is 0 Å². The minimum absolute atomic E-state index is 0.741. The van der Waals surface area contributed by atoms with Crippen molar-refractivity contribution in [2.75, 3.05) is 0 Å². The molecule has 0 radical (unpaired) electrons. The van der Waals surface area contributed by atoms with Crippen LogP contribution in [0.4, 0.5) is 0 Å². The van der Waals surface area contributed by atoms with Crippen LogP contribution in [0.1, 0.15) is 0 Å². The van der Waals surface area contributed by atoms with Crippen LogP contribution in [-0.4, -0.2) is 24.9 Å². The van der Waals surface area contributed by atoms with E-state index in [9.17, 15) is 0 Å². The van der Waals surface area contributed by atoms with Gasteiger partial charge in [-0.2, -0.15) is 0 Å². The topological polar surface area (TPSA) is 77.6 Å². The molecule has 6 nitrogen and oxygen atoms in total. The lowest BCUT2D eigenvalue weighted by atomic mass is 10.3. The van der Waals surface area contributed by atoms with E-state index in [0.29, 0.717) is 0 Å². The maximum absolute atomic E-state index is 4.58. The third-order valence-corrected chi connectivity index (χ3v) is 2.38. The van der Waals surface area contributed by atoms with E-state index in [1.807, 2.05) is 30.3 Å². The molecule has 0 bridgehead atoms. The molecule has 0 unspecified atom stereocenters. The largest absolute Gasteiger partial charge is 0.473 e. The van der Waals surface area contributed by atoms with E-state index in [4.69, 9.17) is 0 Å². The standard InChI is InChI=1S/C8H6N4.C5H5N.C4H4O/c1-3-11-7(5-9-1)8-6-10-2-4-12-8;1-2-4-6-5-3-1;1-2-4-5-3-1/h1-6H;1-5H;1-4H. The summed E-state index contributed by atoms with van der Waals surface area (Å²) in [7, 11) is 0. The summed E-state index contributed by atoms with van der Waals surface area (Å²) in [6, 6.07) is 9.38. The Labute approximate surface area is 134 Å². The van der Waals surface area contributed by atoms with Gasteiger partial charge in [0.15, 0.2) is 0 Å². The van der Waals surface area contributed by atoms with E-state index in [2.05, 4.69) is 29.3 Å². The van der Waals surface area contributed by atoms with Gasteiger partial charge in [0, 0.05) is 37.2 Å². The molecule has 0 aliphatic rings. The van der Waals surface area contributed by atoms with Crippen LogP contribution in [0.2, 0.25) is 0 Å². The van der Waals surface area contributed by atoms with E-state index in [-0.39, 0.29) is 0 Å². The predicted octanol–water partition coefficient (Wildman–Crippen LogP) is 3.29. The number of hydrogen-bond acceptors (Lipinski definition) is 6. The Kier molecular flexibility index (Phi) is 7.18. The van der Waals surface area contributed by atoms with Crippen molar-refractivity contribution < 1.29 is 4.42 Å². The van der Waals surface area contributed by atoms with Crippen LogP contribution in [0.15, 0.2) is 96.9 Å². The smallest absolute Gasteiger partial charge is 0.108 e. The first-order valence-electron chi connectivity index (χ1n) is 6.81. The third-order valence-electron chi connectivity index (χ3n) is 2.38. The van der Waals surface area contributed by atoms with Gasteiger partial charge in [0.2, 0.25) is 0 Å². The van der Waals surface area contributed by atoms with E-state index < -0.39 is 0 Å². The minimum Gasteiger partial charge on any atom is -0.473 e. The second-order valence-electron chi connectivity index (χ2n) is 4.00. The molecule has 0 aliphatic heterocycles. The molecule has 0 N–H and O–H groups in total. The van der Waals surface area contributed by atoms with Gasteiger partial charge in [-0.15, -0.1) is 0 Å². The average molecular weight is 305 g/mol. The summed E-state index contributed by atoms with van der Waals surface area (Å²) in [5.41, 5.74) is 1.48. The highest BCUT2D eigenvalue weighted by Crippen LogP contribution is 2.08. The highest BCUT2D eigenvalue weighted by molar-refractivity contribution is 5.49. The van der Waals surface area contributed by atoms with Crippen LogP contribution in [0.5, 0.6) is 0 Å². The van der Waals surface area contributed by atoms with E-state index in [1.165, 1.54) is 0 Å². The molecule has 0 spiro atoms. The van der Waals surface area contributed by atoms with Crippen molar-refractivity contribution in [3.63, 3.8) is 0 Å². The Balaban J connectivity index is 0.000000145. The van der Waals surface area contributed by atoms with Gasteiger partial charge in [-0.3, -0.25) is 24.9 Å². The molecule has 0 fully saturated rings. The van der Waals surface area contributed by atoms with Crippen molar-refractivity contribution in [1.29, 1.82) is 0 Å². The lowest BCUT2D eigenvalue weighted by Crippen LogP contribution is -1.87. The summed E-state index contributed by atoms with van der Waals surface area (Å²) in [4.78, 5) is 19.8. The monoisotopic (exact) mass is 305 g/mol. The van der Waals surface area contributed by atoms with Gasteiger partial charge in [0.05, 0.1) is 24.9 Å². The van der Waals surface area contributed by atoms with Crippen molar-refractivity contribution in [2.45, 2.75) is 0 Å². The fourth-order valence-electron chi connectivity index (χ4n) is 1.40. The maximum Gasteiger partial charge on any atom is 0.108 e. The average Bonchev–Trinajstić information content (AvgIpc) is 3.25. The van der Waals surface area contributed by atoms with Gasteiger partial charge in [0.1, 0.15) is 11.4 Å². The molecule has 0 aliphatic carbocycles. The van der Waals surface area contributed by atoms with Crippen molar-refractivity contribution >= 4 is 0 Å². The van der Waals surface area contributed by atoms with Crippen LogP contribution in [0, 0.1) is 0 Å². The Morgan fingerprint density at radius 1 is 0.522 bits per heavy atom. The fraction of sp³-hybridized carbons (Fsp3) is 0. The van der Waals surface area contributed by atoms with E-state index in [0.717, 1.165) is 11.4 Å². The van der Waals surface area contributed by atoms with Gasteiger partial charge in [-0.25, -0.2) is 0 Å². The van der Waals surface area contributed by atoms with Gasteiger partial charge >= 0.3 is 0 Å². The van der Waals surface area contributed by atoms with Crippen molar-refractivity contribution in [2.24, 2.45) is 0 Å². The Morgan fingerprint density at radius 3 is 1.35 bits per heavy atom. The first-order chi connectivity index (χ1) is 11.5. The summed E-state index contributed by atoms with van der Waals surface area (Å²) < 4.78 is 4.58. The number of aromatic nitrogens is 5. The maximum atomic E-state index is 4.58. The van der Waals surface area contributed by atoms with Gasteiger partial charge in [-0.05, 0) is 24.3 Å². The van der Waals surface area contributed by atoms with Crippen LogP contribution < -0.4 is 0 Å². The Bertz CT molecular complexity index is 637. The fourth-order valence-corrected chi connectivity index (χ4v) is 1.40. The molecule has 4 rings (SSSR count). The molecule has 0 amide bonds. The number of pyridine rings is 1. The summed E-state index contributed by atoms with van der Waals surface area (Å²) in [6.07, 6.45) is 16.6. The summed E-state index contributed by atoms with van der Waals surface area (Å²) >= 11 is 0. The minimum atomic E-state index is 0.741. The third kappa shape index (κ3) is 6.72. The van der Waals surface area contributed by atoms with Gasteiger partial charge < -0.3 is 4.42 Å². The summed E-state index contributed by atoms with van der Waals surface area (Å²) in [5, 5.41) is 0. The van der Waals surface area contributed by atoms with E-state index in [1.54, 1.807) is 62.1 Å². The van der Waals surface area contributed by atoms with Crippen molar-refractivity contribution in [1.82, 2.24) is 24.9 Å². The molecule has 4 heterocycles. The molecule has 23 heavy (non-hydrogen) atoms. The van der Waals surface area contributed by atoms with Crippen LogP contribution in [-0.2, 0) is 0 Å². The molecule has 0 saturated heterocycles. The quantitative estimate of drug-likeness (QED) is 0.537. The van der Waals surface area contributed by atoms with Crippen molar-refractivity contribution in [3.8, 4) is 11.4 Å². The zero-order chi connectivity index (χ0) is 16.0. The highest BCUT2D eigenvalue weighted by atomic mass is 16.3. The molecule has 4 aromatic heterocycles. The number of nitrogens with zero attached hydrogens (tertiary/aromatic N) is 5.